The van der Waals surface area contributed by atoms with Gasteiger partial charge in [0.25, 0.3) is 0 Å². The van der Waals surface area contributed by atoms with E-state index in [4.69, 9.17) is 9.47 Å². The normalized spacial score (nSPS) is 28.5. The molecule has 4 heterocycles. The number of nitrogens with zero attached hydrogens (tertiary/aromatic N) is 6. The standard InChI is InChI=1S/C16H24N6O2/c1-20-5-4-18-15(20)9-21-6-7-23-11-16(10-21)3-2-14(24-16)8-22-13-17-12-19-22/h4-5,12-14H,2-3,6-11H2,1H3/t14-,16+/m0/s1. The van der Waals surface area contributed by atoms with E-state index >= 15 is 0 Å². The van der Waals surface area contributed by atoms with E-state index in [2.05, 4.69) is 24.5 Å². The van der Waals surface area contributed by atoms with Crippen LogP contribution in [0.5, 0.6) is 0 Å². The van der Waals surface area contributed by atoms with Crippen molar-refractivity contribution in [1.29, 1.82) is 0 Å². The Balaban J connectivity index is 1.41. The molecule has 0 aliphatic carbocycles. The highest BCUT2D eigenvalue weighted by molar-refractivity contribution is 4.96. The summed E-state index contributed by atoms with van der Waals surface area (Å²) in [6, 6.07) is 0. The van der Waals surface area contributed by atoms with Gasteiger partial charge in [-0.05, 0) is 12.8 Å². The van der Waals surface area contributed by atoms with Gasteiger partial charge in [0.15, 0.2) is 0 Å². The minimum Gasteiger partial charge on any atom is -0.377 e. The van der Waals surface area contributed by atoms with Crippen molar-refractivity contribution in [3.63, 3.8) is 0 Å². The third-order valence-corrected chi connectivity index (χ3v) is 4.91. The lowest BCUT2D eigenvalue weighted by Gasteiger charge is -2.31. The molecule has 0 N–H and O–H groups in total. The molecule has 0 bridgehead atoms. The molecule has 130 valence electrons. The zero-order valence-electron chi connectivity index (χ0n) is 14.0. The van der Waals surface area contributed by atoms with E-state index in [1.807, 2.05) is 24.1 Å². The molecule has 8 nitrogen and oxygen atoms in total. The fraction of sp³-hybridized carbons (Fsp3) is 0.688. The van der Waals surface area contributed by atoms with Crippen molar-refractivity contribution in [2.75, 3.05) is 26.3 Å². The van der Waals surface area contributed by atoms with Crippen molar-refractivity contribution >= 4 is 0 Å². The van der Waals surface area contributed by atoms with E-state index in [1.165, 1.54) is 0 Å². The second-order valence-corrected chi connectivity index (χ2v) is 6.80. The van der Waals surface area contributed by atoms with E-state index < -0.39 is 0 Å². The van der Waals surface area contributed by atoms with Gasteiger partial charge in [0.2, 0.25) is 0 Å². The lowest BCUT2D eigenvalue weighted by Crippen LogP contribution is -2.44. The molecule has 24 heavy (non-hydrogen) atoms. The maximum Gasteiger partial charge on any atom is 0.137 e. The average molecular weight is 332 g/mol. The Hall–Kier alpha value is -1.77. The maximum absolute atomic E-state index is 6.44. The molecule has 0 amide bonds. The molecule has 0 saturated carbocycles. The summed E-state index contributed by atoms with van der Waals surface area (Å²) in [6.07, 6.45) is 9.35. The molecule has 8 heteroatoms. The first-order valence-electron chi connectivity index (χ1n) is 8.49. The van der Waals surface area contributed by atoms with Crippen LogP contribution >= 0.6 is 0 Å². The molecule has 2 aliphatic rings. The van der Waals surface area contributed by atoms with Crippen LogP contribution in [-0.4, -0.2) is 67.2 Å². The average Bonchev–Trinajstić information content (AvgIpc) is 3.26. The van der Waals surface area contributed by atoms with Gasteiger partial charge in [-0.2, -0.15) is 5.10 Å². The number of ether oxygens (including phenoxy) is 2. The van der Waals surface area contributed by atoms with E-state index in [1.54, 1.807) is 12.7 Å². The van der Waals surface area contributed by atoms with Crippen LogP contribution in [0.4, 0.5) is 0 Å². The predicted octanol–water partition coefficient (Wildman–Crippen LogP) is 0.462. The minimum atomic E-state index is -0.215. The molecular formula is C16H24N6O2. The third-order valence-electron chi connectivity index (χ3n) is 4.91. The lowest BCUT2D eigenvalue weighted by atomic mass is 10.00. The molecule has 1 spiro atoms. The van der Waals surface area contributed by atoms with Crippen LogP contribution < -0.4 is 0 Å². The van der Waals surface area contributed by atoms with Crippen molar-refractivity contribution < 1.29 is 9.47 Å². The Morgan fingerprint density at radius 3 is 3.17 bits per heavy atom. The highest BCUT2D eigenvalue weighted by atomic mass is 16.6. The van der Waals surface area contributed by atoms with Crippen LogP contribution in [0.1, 0.15) is 18.7 Å². The molecule has 4 rings (SSSR count). The van der Waals surface area contributed by atoms with Gasteiger partial charge in [0.1, 0.15) is 24.1 Å². The Morgan fingerprint density at radius 1 is 1.42 bits per heavy atom. The highest BCUT2D eigenvalue weighted by Gasteiger charge is 2.43. The second kappa shape index (κ2) is 6.62. The van der Waals surface area contributed by atoms with Crippen molar-refractivity contribution in [3.8, 4) is 0 Å². The van der Waals surface area contributed by atoms with Gasteiger partial charge in [-0.25, -0.2) is 9.97 Å². The van der Waals surface area contributed by atoms with Crippen LogP contribution in [0.15, 0.2) is 25.0 Å². The largest absolute Gasteiger partial charge is 0.377 e. The fourth-order valence-electron chi connectivity index (χ4n) is 3.65. The quantitative estimate of drug-likeness (QED) is 0.810. The number of imidazole rings is 1. The van der Waals surface area contributed by atoms with Gasteiger partial charge in [-0.1, -0.05) is 0 Å². The van der Waals surface area contributed by atoms with Crippen molar-refractivity contribution in [3.05, 3.63) is 30.9 Å². The van der Waals surface area contributed by atoms with Crippen molar-refractivity contribution in [2.24, 2.45) is 7.05 Å². The molecule has 0 radical (unpaired) electrons. The molecule has 2 aromatic rings. The Kier molecular flexibility index (Phi) is 4.34. The van der Waals surface area contributed by atoms with Gasteiger partial charge in [-0.15, -0.1) is 0 Å². The van der Waals surface area contributed by atoms with Gasteiger partial charge >= 0.3 is 0 Å². The first-order valence-corrected chi connectivity index (χ1v) is 8.49. The summed E-state index contributed by atoms with van der Waals surface area (Å²) in [7, 11) is 2.03. The van der Waals surface area contributed by atoms with Crippen LogP contribution in [0, 0.1) is 0 Å². The second-order valence-electron chi connectivity index (χ2n) is 6.80. The number of aromatic nitrogens is 5. The molecule has 2 saturated heterocycles. The first kappa shape index (κ1) is 15.7. The fourth-order valence-corrected chi connectivity index (χ4v) is 3.65. The zero-order chi connectivity index (χ0) is 16.4. The summed E-state index contributed by atoms with van der Waals surface area (Å²) in [4.78, 5) is 10.8. The monoisotopic (exact) mass is 332 g/mol. The van der Waals surface area contributed by atoms with Gasteiger partial charge in [-0.3, -0.25) is 9.58 Å². The molecular weight excluding hydrogens is 308 g/mol. The molecule has 2 fully saturated rings. The highest BCUT2D eigenvalue weighted by Crippen LogP contribution is 2.33. The number of hydrogen-bond acceptors (Lipinski definition) is 6. The summed E-state index contributed by atoms with van der Waals surface area (Å²) in [5.41, 5.74) is -0.215. The summed E-state index contributed by atoms with van der Waals surface area (Å²) in [5.74, 6) is 1.07. The van der Waals surface area contributed by atoms with Gasteiger partial charge in [0, 0.05) is 32.5 Å². The van der Waals surface area contributed by atoms with Crippen LogP contribution in [0.3, 0.4) is 0 Å². The van der Waals surface area contributed by atoms with Crippen LogP contribution in [0.25, 0.3) is 0 Å². The van der Waals surface area contributed by atoms with Gasteiger partial charge < -0.3 is 14.0 Å². The Labute approximate surface area is 141 Å². The minimum absolute atomic E-state index is 0.170. The van der Waals surface area contributed by atoms with Crippen molar-refractivity contribution in [1.82, 2.24) is 29.2 Å². The molecule has 2 aliphatic heterocycles. The zero-order valence-corrected chi connectivity index (χ0v) is 14.0. The predicted molar refractivity (Wildman–Crippen MR) is 86.2 cm³/mol. The van der Waals surface area contributed by atoms with E-state index in [0.717, 1.165) is 51.5 Å². The Bertz CT molecular complexity index is 657. The maximum atomic E-state index is 6.44. The summed E-state index contributed by atoms with van der Waals surface area (Å²) >= 11 is 0. The molecule has 0 unspecified atom stereocenters. The molecule has 0 aromatic carbocycles. The smallest absolute Gasteiger partial charge is 0.137 e. The first-order chi connectivity index (χ1) is 11.7. The van der Waals surface area contributed by atoms with Gasteiger partial charge in [0.05, 0.1) is 32.4 Å². The SMILES string of the molecule is Cn1ccnc1CN1CCOC[C@@]2(CC[C@@H](Cn3cncn3)O2)C1. The number of hydrogen-bond donors (Lipinski definition) is 0. The van der Waals surface area contributed by atoms with Crippen molar-refractivity contribution in [2.45, 2.75) is 37.6 Å². The number of aryl methyl sites for hydroxylation is 1. The van der Waals surface area contributed by atoms with E-state index in [0.29, 0.717) is 6.61 Å². The summed E-state index contributed by atoms with van der Waals surface area (Å²) in [6.45, 7) is 4.77. The van der Waals surface area contributed by atoms with Crippen LogP contribution in [-0.2, 0) is 29.6 Å². The van der Waals surface area contributed by atoms with Crippen LogP contribution in [0.2, 0.25) is 0 Å². The molecule has 2 aromatic heterocycles. The topological polar surface area (TPSA) is 70.2 Å². The van der Waals surface area contributed by atoms with E-state index in [9.17, 15) is 0 Å². The Morgan fingerprint density at radius 2 is 2.38 bits per heavy atom. The summed E-state index contributed by atoms with van der Waals surface area (Å²) < 4.78 is 16.2. The third kappa shape index (κ3) is 3.35. The van der Waals surface area contributed by atoms with E-state index in [-0.39, 0.29) is 11.7 Å². The number of rotatable bonds is 4. The molecule has 2 atom stereocenters. The lowest BCUT2D eigenvalue weighted by molar-refractivity contribution is -0.0906. The summed E-state index contributed by atoms with van der Waals surface area (Å²) in [5, 5.41) is 4.18.